The van der Waals surface area contributed by atoms with Crippen molar-refractivity contribution in [2.75, 3.05) is 36.4 Å². The molecule has 1 aliphatic rings. The fourth-order valence-electron chi connectivity index (χ4n) is 3.76. The van der Waals surface area contributed by atoms with Crippen LogP contribution >= 0.6 is 11.6 Å². The molecule has 170 valence electrons. The minimum absolute atomic E-state index is 0.0529. The van der Waals surface area contributed by atoms with E-state index in [1.54, 1.807) is 17.8 Å². The molecule has 1 aliphatic heterocycles. The second-order valence-electron chi connectivity index (χ2n) is 7.58. The number of rotatable bonds is 4. The number of halogens is 4. The van der Waals surface area contributed by atoms with E-state index >= 15 is 0 Å². The Morgan fingerprint density at radius 1 is 1.19 bits per heavy atom. The second-order valence-corrected chi connectivity index (χ2v) is 7.99. The molecule has 2 aromatic heterocycles. The zero-order valence-corrected chi connectivity index (χ0v) is 18.2. The molecule has 32 heavy (non-hydrogen) atoms. The molecule has 12 heteroatoms. The van der Waals surface area contributed by atoms with Gasteiger partial charge in [0.05, 0.1) is 28.2 Å². The van der Waals surface area contributed by atoms with Crippen LogP contribution in [-0.4, -0.2) is 62.8 Å². The molecule has 0 bridgehead atoms. The Morgan fingerprint density at radius 3 is 2.59 bits per heavy atom. The van der Waals surface area contributed by atoms with Gasteiger partial charge in [-0.05, 0) is 25.1 Å². The van der Waals surface area contributed by atoms with Gasteiger partial charge in [0, 0.05) is 38.9 Å². The maximum absolute atomic E-state index is 13.1. The summed E-state index contributed by atoms with van der Waals surface area (Å²) in [5, 5.41) is 7.24. The van der Waals surface area contributed by atoms with Crippen LogP contribution in [0.4, 0.5) is 24.7 Å². The summed E-state index contributed by atoms with van der Waals surface area (Å²) in [5.41, 5.74) is -0.187. The molecule has 0 spiro atoms. The molecule has 3 aromatic rings. The van der Waals surface area contributed by atoms with Crippen molar-refractivity contribution in [3.8, 4) is 0 Å². The van der Waals surface area contributed by atoms with E-state index in [0.29, 0.717) is 26.2 Å². The topological polar surface area (TPSA) is 79.2 Å². The Morgan fingerprint density at radius 2 is 1.91 bits per heavy atom. The van der Waals surface area contributed by atoms with E-state index in [-0.39, 0.29) is 11.6 Å². The van der Waals surface area contributed by atoms with Crippen LogP contribution in [0.3, 0.4) is 0 Å². The summed E-state index contributed by atoms with van der Waals surface area (Å²) in [7, 11) is 1.82. The molecule has 1 N–H and O–H groups in total. The highest BCUT2D eigenvalue weighted by Crippen LogP contribution is 2.36. The third-order valence-electron chi connectivity index (χ3n) is 5.59. The zero-order valence-electron chi connectivity index (χ0n) is 17.4. The largest absolute Gasteiger partial charge is 0.417 e. The summed E-state index contributed by atoms with van der Waals surface area (Å²) in [6.07, 6.45) is -1.36. The number of piperazine rings is 1. The number of aromatic nitrogens is 4. The number of nitrogens with zero attached hydrogens (tertiary/aromatic N) is 6. The number of fused-ring (bicyclic) bond motifs is 1. The highest BCUT2D eigenvalue weighted by molar-refractivity contribution is 6.31. The molecule has 4 rings (SSSR count). The minimum atomic E-state index is -4.60. The van der Waals surface area contributed by atoms with E-state index in [1.165, 1.54) is 12.4 Å². The molecule has 1 fully saturated rings. The molecule has 0 saturated carbocycles. The molecule has 1 aromatic carbocycles. The fourth-order valence-corrected chi connectivity index (χ4v) is 3.98. The standard InChI is InChI=1S/C20H21ClF3N7O/c1-12(19(32)28-13-3-4-16(21)15(9-13)20(22,23)24)30-5-7-31(8-6-30)18-14-10-27-29(2)17(14)25-11-26-18/h3-4,9-12H,5-8H2,1-2H3,(H,28,32)/t12-/m1/s1. The van der Waals surface area contributed by atoms with Gasteiger partial charge in [-0.3, -0.25) is 14.4 Å². The summed E-state index contributed by atoms with van der Waals surface area (Å²) in [5.74, 6) is 0.409. The first-order valence-corrected chi connectivity index (χ1v) is 10.3. The molecule has 1 atom stereocenters. The number of benzene rings is 1. The Hall–Kier alpha value is -2.92. The van der Waals surface area contributed by atoms with Gasteiger partial charge in [-0.1, -0.05) is 11.6 Å². The van der Waals surface area contributed by atoms with Crippen molar-refractivity contribution < 1.29 is 18.0 Å². The lowest BCUT2D eigenvalue weighted by Gasteiger charge is -2.38. The first kappa shape index (κ1) is 22.3. The van der Waals surface area contributed by atoms with E-state index in [0.717, 1.165) is 29.0 Å². The van der Waals surface area contributed by atoms with Crippen molar-refractivity contribution in [2.24, 2.45) is 7.05 Å². The van der Waals surface area contributed by atoms with Crippen molar-refractivity contribution in [1.82, 2.24) is 24.6 Å². The number of amides is 1. The van der Waals surface area contributed by atoms with Gasteiger partial charge in [0.2, 0.25) is 5.91 Å². The molecule has 8 nitrogen and oxygen atoms in total. The zero-order chi connectivity index (χ0) is 23.0. The summed E-state index contributed by atoms with van der Waals surface area (Å²) in [4.78, 5) is 25.4. The van der Waals surface area contributed by atoms with Crippen LogP contribution in [0, 0.1) is 0 Å². The van der Waals surface area contributed by atoms with E-state index < -0.39 is 22.8 Å². The van der Waals surface area contributed by atoms with E-state index in [2.05, 4.69) is 25.3 Å². The summed E-state index contributed by atoms with van der Waals surface area (Å²) in [6.45, 7) is 4.19. The SMILES string of the molecule is C[C@H](C(=O)Nc1ccc(Cl)c(C(F)(F)F)c1)N1CCN(c2ncnc3c2cnn3C)CC1. The van der Waals surface area contributed by atoms with E-state index in [9.17, 15) is 18.0 Å². The predicted octanol–water partition coefficient (Wildman–Crippen LogP) is 3.18. The Kier molecular flexibility index (Phi) is 5.95. The van der Waals surface area contributed by atoms with Crippen LogP contribution in [0.25, 0.3) is 11.0 Å². The predicted molar refractivity (Wildman–Crippen MR) is 115 cm³/mol. The van der Waals surface area contributed by atoms with Gasteiger partial charge in [-0.15, -0.1) is 0 Å². The first-order chi connectivity index (χ1) is 15.1. The quantitative estimate of drug-likeness (QED) is 0.635. The number of anilines is 2. The van der Waals surface area contributed by atoms with Gasteiger partial charge in [0.15, 0.2) is 5.65 Å². The number of hydrogen-bond donors (Lipinski definition) is 1. The van der Waals surface area contributed by atoms with Crippen LogP contribution in [0.2, 0.25) is 5.02 Å². The van der Waals surface area contributed by atoms with E-state index in [4.69, 9.17) is 11.6 Å². The van der Waals surface area contributed by atoms with Gasteiger partial charge < -0.3 is 10.2 Å². The summed E-state index contributed by atoms with van der Waals surface area (Å²) in [6, 6.07) is 2.81. The lowest BCUT2D eigenvalue weighted by atomic mass is 10.1. The molecule has 1 amide bonds. The van der Waals surface area contributed by atoms with Crippen molar-refractivity contribution in [1.29, 1.82) is 0 Å². The maximum Gasteiger partial charge on any atom is 0.417 e. The number of carbonyl (C=O) groups excluding carboxylic acids is 1. The van der Waals surface area contributed by atoms with E-state index in [1.807, 2.05) is 11.9 Å². The van der Waals surface area contributed by atoms with Gasteiger partial charge in [-0.25, -0.2) is 9.97 Å². The smallest absolute Gasteiger partial charge is 0.353 e. The number of carbonyl (C=O) groups is 1. The normalized spacial score (nSPS) is 16.4. The first-order valence-electron chi connectivity index (χ1n) is 9.94. The molecular formula is C20H21ClF3N7O. The van der Waals surface area contributed by atoms with Gasteiger partial charge in [-0.2, -0.15) is 18.3 Å². The molecular weight excluding hydrogens is 447 g/mol. The van der Waals surface area contributed by atoms with Gasteiger partial charge in [0.1, 0.15) is 12.1 Å². The molecule has 0 unspecified atom stereocenters. The third kappa shape index (κ3) is 4.35. The summed E-state index contributed by atoms with van der Waals surface area (Å²) < 4.78 is 40.9. The van der Waals surface area contributed by atoms with Crippen molar-refractivity contribution >= 4 is 40.0 Å². The molecule has 1 saturated heterocycles. The summed E-state index contributed by atoms with van der Waals surface area (Å²) >= 11 is 5.64. The van der Waals surface area contributed by atoms with Crippen molar-refractivity contribution in [3.05, 3.63) is 41.3 Å². The number of aryl methyl sites for hydroxylation is 1. The lowest BCUT2D eigenvalue weighted by Crippen LogP contribution is -2.53. The minimum Gasteiger partial charge on any atom is -0.353 e. The van der Waals surface area contributed by atoms with Crippen LogP contribution in [0.5, 0.6) is 0 Å². The highest BCUT2D eigenvalue weighted by Gasteiger charge is 2.34. The van der Waals surface area contributed by atoms with Gasteiger partial charge in [0.25, 0.3) is 0 Å². The van der Waals surface area contributed by atoms with Crippen molar-refractivity contribution in [2.45, 2.75) is 19.1 Å². The molecule has 0 radical (unpaired) electrons. The average Bonchev–Trinajstić information content (AvgIpc) is 3.15. The fraction of sp³-hybridized carbons (Fsp3) is 0.400. The molecule has 3 heterocycles. The van der Waals surface area contributed by atoms with Crippen LogP contribution in [-0.2, 0) is 18.0 Å². The van der Waals surface area contributed by atoms with Gasteiger partial charge >= 0.3 is 6.18 Å². The number of nitrogens with one attached hydrogen (secondary N) is 1. The number of alkyl halides is 3. The monoisotopic (exact) mass is 467 g/mol. The average molecular weight is 468 g/mol. The van der Waals surface area contributed by atoms with Crippen molar-refractivity contribution in [3.63, 3.8) is 0 Å². The van der Waals surface area contributed by atoms with Crippen LogP contribution < -0.4 is 10.2 Å². The highest BCUT2D eigenvalue weighted by atomic mass is 35.5. The lowest BCUT2D eigenvalue weighted by molar-refractivity contribution is -0.137. The van der Waals surface area contributed by atoms with Crippen LogP contribution in [0.15, 0.2) is 30.7 Å². The van der Waals surface area contributed by atoms with Crippen LogP contribution in [0.1, 0.15) is 12.5 Å². The Bertz CT molecular complexity index is 1140. The molecule has 0 aliphatic carbocycles. The second kappa shape index (κ2) is 8.55. The maximum atomic E-state index is 13.1. The third-order valence-corrected chi connectivity index (χ3v) is 5.92. The Labute approximate surface area is 187 Å². The Balaban J connectivity index is 1.40. The number of hydrogen-bond acceptors (Lipinski definition) is 6.